The molecule has 1 aromatic heterocycles. The minimum Gasteiger partial charge on any atom is -0.337 e. The lowest BCUT2D eigenvalue weighted by Crippen LogP contribution is -2.34. The smallest absolute Gasteiger partial charge is 0.326 e. The zero-order valence-corrected chi connectivity index (χ0v) is 9.23. The van der Waals surface area contributed by atoms with Crippen LogP contribution in [0.1, 0.15) is 26.7 Å². The van der Waals surface area contributed by atoms with E-state index in [1.165, 1.54) is 23.7 Å². The molecule has 0 atom stereocenters. The van der Waals surface area contributed by atoms with Crippen LogP contribution in [0.3, 0.4) is 0 Å². The van der Waals surface area contributed by atoms with E-state index in [1.54, 1.807) is 12.4 Å². The van der Waals surface area contributed by atoms with Crippen LogP contribution < -0.4 is 5.32 Å². The van der Waals surface area contributed by atoms with Crippen molar-refractivity contribution in [3.05, 3.63) is 18.7 Å². The third-order valence-electron chi connectivity index (χ3n) is 3.45. The second-order valence-corrected chi connectivity index (χ2v) is 4.65. The van der Waals surface area contributed by atoms with Gasteiger partial charge in [0.25, 0.3) is 0 Å². The molecule has 1 heterocycles. The fourth-order valence-electron chi connectivity index (χ4n) is 1.84. The minimum absolute atomic E-state index is 0.0839. The van der Waals surface area contributed by atoms with Crippen molar-refractivity contribution in [2.75, 3.05) is 6.54 Å². The molecule has 0 aromatic carbocycles. The van der Waals surface area contributed by atoms with Gasteiger partial charge in [0, 0.05) is 18.9 Å². The Balaban J connectivity index is 1.87. The molecule has 82 valence electrons. The van der Waals surface area contributed by atoms with Crippen LogP contribution in [0.5, 0.6) is 0 Å². The standard InChI is InChI=1S/C11H17N3O/c1-9(2)11(3-4-11)7-13-10(15)14-6-5-12-8-14/h5-6,8-9H,3-4,7H2,1-2H3,(H,13,15). The van der Waals surface area contributed by atoms with Crippen molar-refractivity contribution in [1.82, 2.24) is 14.9 Å². The lowest BCUT2D eigenvalue weighted by molar-refractivity contribution is 0.236. The summed E-state index contributed by atoms with van der Waals surface area (Å²) in [5, 5.41) is 2.95. The number of nitrogens with one attached hydrogen (secondary N) is 1. The van der Waals surface area contributed by atoms with Crippen molar-refractivity contribution < 1.29 is 4.79 Å². The molecule has 1 N–H and O–H groups in total. The molecule has 2 rings (SSSR count). The summed E-state index contributed by atoms with van der Waals surface area (Å²) in [7, 11) is 0. The number of carbonyl (C=O) groups excluding carboxylic acids is 1. The molecular weight excluding hydrogens is 190 g/mol. The average molecular weight is 207 g/mol. The number of imidazole rings is 1. The molecule has 1 aromatic rings. The number of aromatic nitrogens is 2. The minimum atomic E-state index is -0.0839. The van der Waals surface area contributed by atoms with Gasteiger partial charge < -0.3 is 5.32 Å². The molecule has 1 aliphatic carbocycles. The Morgan fingerprint density at radius 3 is 2.80 bits per heavy atom. The number of rotatable bonds is 3. The monoisotopic (exact) mass is 207 g/mol. The van der Waals surface area contributed by atoms with Crippen LogP contribution in [-0.4, -0.2) is 22.1 Å². The highest BCUT2D eigenvalue weighted by Gasteiger charge is 2.45. The predicted molar refractivity (Wildman–Crippen MR) is 57.5 cm³/mol. The van der Waals surface area contributed by atoms with Crippen LogP contribution >= 0.6 is 0 Å². The zero-order chi connectivity index (χ0) is 10.9. The average Bonchev–Trinajstić information content (AvgIpc) is 2.80. The van der Waals surface area contributed by atoms with E-state index < -0.39 is 0 Å². The Hall–Kier alpha value is -1.32. The fourth-order valence-corrected chi connectivity index (χ4v) is 1.84. The van der Waals surface area contributed by atoms with Crippen molar-refractivity contribution in [2.24, 2.45) is 11.3 Å². The van der Waals surface area contributed by atoms with Crippen LogP contribution in [0.4, 0.5) is 4.79 Å². The van der Waals surface area contributed by atoms with E-state index in [0.29, 0.717) is 11.3 Å². The van der Waals surface area contributed by atoms with E-state index in [2.05, 4.69) is 24.1 Å². The van der Waals surface area contributed by atoms with Crippen LogP contribution in [0.2, 0.25) is 0 Å². The molecular formula is C11H17N3O. The topological polar surface area (TPSA) is 46.9 Å². The van der Waals surface area contributed by atoms with E-state index in [9.17, 15) is 4.79 Å². The third kappa shape index (κ3) is 2.03. The van der Waals surface area contributed by atoms with Gasteiger partial charge in [0.1, 0.15) is 6.33 Å². The summed E-state index contributed by atoms with van der Waals surface area (Å²) in [6, 6.07) is -0.0839. The van der Waals surface area contributed by atoms with Gasteiger partial charge >= 0.3 is 6.03 Å². The number of hydrogen-bond donors (Lipinski definition) is 1. The van der Waals surface area contributed by atoms with Crippen molar-refractivity contribution in [3.8, 4) is 0 Å². The first-order valence-corrected chi connectivity index (χ1v) is 5.40. The highest BCUT2D eigenvalue weighted by Crippen LogP contribution is 2.51. The molecule has 4 heteroatoms. The molecule has 0 spiro atoms. The highest BCUT2D eigenvalue weighted by molar-refractivity contribution is 5.76. The number of amides is 1. The van der Waals surface area contributed by atoms with Crippen LogP contribution in [0.25, 0.3) is 0 Å². The van der Waals surface area contributed by atoms with Gasteiger partial charge in [0.15, 0.2) is 0 Å². The summed E-state index contributed by atoms with van der Waals surface area (Å²) < 4.78 is 1.47. The van der Waals surface area contributed by atoms with Gasteiger partial charge in [0.2, 0.25) is 0 Å². The largest absolute Gasteiger partial charge is 0.337 e. The summed E-state index contributed by atoms with van der Waals surface area (Å²) in [5.41, 5.74) is 0.357. The van der Waals surface area contributed by atoms with E-state index in [1.807, 2.05) is 0 Å². The van der Waals surface area contributed by atoms with Gasteiger partial charge in [-0.25, -0.2) is 9.78 Å². The molecule has 0 saturated heterocycles. The summed E-state index contributed by atoms with van der Waals surface area (Å²) in [6.07, 6.45) is 7.24. The van der Waals surface area contributed by atoms with E-state index in [0.717, 1.165) is 6.54 Å². The molecule has 4 nitrogen and oxygen atoms in total. The van der Waals surface area contributed by atoms with Gasteiger partial charge in [0.05, 0.1) is 0 Å². The Morgan fingerprint density at radius 1 is 1.60 bits per heavy atom. The van der Waals surface area contributed by atoms with Crippen molar-refractivity contribution in [1.29, 1.82) is 0 Å². The SMILES string of the molecule is CC(C)C1(CNC(=O)n2ccnc2)CC1. The van der Waals surface area contributed by atoms with Crippen LogP contribution in [0.15, 0.2) is 18.7 Å². The maximum absolute atomic E-state index is 11.6. The molecule has 0 unspecified atom stereocenters. The van der Waals surface area contributed by atoms with E-state index in [4.69, 9.17) is 0 Å². The number of carbonyl (C=O) groups is 1. The van der Waals surface area contributed by atoms with E-state index in [-0.39, 0.29) is 6.03 Å². The lowest BCUT2D eigenvalue weighted by Gasteiger charge is -2.19. The first kappa shape index (κ1) is 10.2. The first-order valence-electron chi connectivity index (χ1n) is 5.40. The van der Waals surface area contributed by atoms with Crippen molar-refractivity contribution >= 4 is 6.03 Å². The Labute approximate surface area is 89.7 Å². The summed E-state index contributed by atoms with van der Waals surface area (Å²) in [4.78, 5) is 15.5. The van der Waals surface area contributed by atoms with Gasteiger partial charge in [-0.2, -0.15) is 0 Å². The maximum atomic E-state index is 11.6. The predicted octanol–water partition coefficient (Wildman–Crippen LogP) is 1.88. The molecule has 0 aliphatic heterocycles. The lowest BCUT2D eigenvalue weighted by atomic mass is 9.92. The molecule has 15 heavy (non-hydrogen) atoms. The second kappa shape index (κ2) is 3.68. The molecule has 1 fully saturated rings. The van der Waals surface area contributed by atoms with Crippen LogP contribution in [0, 0.1) is 11.3 Å². The number of nitrogens with zero attached hydrogens (tertiary/aromatic N) is 2. The summed E-state index contributed by atoms with van der Waals surface area (Å²) in [6.45, 7) is 5.22. The molecule has 0 radical (unpaired) electrons. The van der Waals surface area contributed by atoms with Crippen LogP contribution in [-0.2, 0) is 0 Å². The Bertz CT molecular complexity index is 339. The molecule has 0 bridgehead atoms. The quantitative estimate of drug-likeness (QED) is 0.822. The first-order chi connectivity index (χ1) is 7.14. The van der Waals surface area contributed by atoms with Gasteiger partial charge in [-0.05, 0) is 24.2 Å². The van der Waals surface area contributed by atoms with Gasteiger partial charge in [-0.1, -0.05) is 13.8 Å². The normalized spacial score (nSPS) is 17.8. The third-order valence-corrected chi connectivity index (χ3v) is 3.45. The van der Waals surface area contributed by atoms with Gasteiger partial charge in [-0.15, -0.1) is 0 Å². The van der Waals surface area contributed by atoms with Crippen molar-refractivity contribution in [2.45, 2.75) is 26.7 Å². The maximum Gasteiger partial charge on any atom is 0.326 e. The zero-order valence-electron chi connectivity index (χ0n) is 9.23. The Kier molecular flexibility index (Phi) is 2.50. The van der Waals surface area contributed by atoms with E-state index >= 15 is 0 Å². The fraction of sp³-hybridized carbons (Fsp3) is 0.636. The number of hydrogen-bond acceptors (Lipinski definition) is 2. The van der Waals surface area contributed by atoms with Gasteiger partial charge in [-0.3, -0.25) is 4.57 Å². The van der Waals surface area contributed by atoms with Crippen molar-refractivity contribution in [3.63, 3.8) is 0 Å². The molecule has 1 amide bonds. The molecule has 1 aliphatic rings. The Morgan fingerprint density at radius 2 is 2.33 bits per heavy atom. The molecule has 1 saturated carbocycles. The second-order valence-electron chi connectivity index (χ2n) is 4.65. The highest BCUT2D eigenvalue weighted by atomic mass is 16.2. The summed E-state index contributed by atoms with van der Waals surface area (Å²) in [5.74, 6) is 0.639. The summed E-state index contributed by atoms with van der Waals surface area (Å²) >= 11 is 0.